The van der Waals surface area contributed by atoms with Crippen molar-refractivity contribution in [3.05, 3.63) is 29.6 Å². The zero-order chi connectivity index (χ0) is 11.2. The molecule has 3 heteroatoms. The van der Waals surface area contributed by atoms with E-state index in [9.17, 15) is 5.11 Å². The molecular formula is C13H18N2O. The molecule has 3 nitrogen and oxygen atoms in total. The Kier molecular flexibility index (Phi) is 2.26. The normalized spacial score (nSPS) is 27.5. The van der Waals surface area contributed by atoms with Gasteiger partial charge in [-0.15, -0.1) is 0 Å². The Balaban J connectivity index is 1.96. The van der Waals surface area contributed by atoms with Gasteiger partial charge in [-0.3, -0.25) is 4.98 Å². The number of aliphatic hydroxyl groups is 1. The second kappa shape index (κ2) is 3.54. The monoisotopic (exact) mass is 218 g/mol. The third kappa shape index (κ3) is 1.39. The highest BCUT2D eigenvalue weighted by Gasteiger charge is 2.50. The summed E-state index contributed by atoms with van der Waals surface area (Å²) in [5.41, 5.74) is 7.48. The number of hydrogen-bond acceptors (Lipinski definition) is 3. The van der Waals surface area contributed by atoms with Crippen molar-refractivity contribution in [2.24, 2.45) is 11.7 Å². The second-order valence-corrected chi connectivity index (χ2v) is 5.11. The van der Waals surface area contributed by atoms with E-state index < -0.39 is 5.60 Å². The van der Waals surface area contributed by atoms with E-state index in [1.54, 1.807) is 0 Å². The van der Waals surface area contributed by atoms with Crippen molar-refractivity contribution in [1.82, 2.24) is 4.98 Å². The maximum atomic E-state index is 10.7. The van der Waals surface area contributed by atoms with Crippen molar-refractivity contribution in [3.8, 4) is 0 Å². The van der Waals surface area contributed by atoms with E-state index in [0.717, 1.165) is 31.4 Å². The van der Waals surface area contributed by atoms with Crippen molar-refractivity contribution in [1.29, 1.82) is 0 Å². The van der Waals surface area contributed by atoms with Gasteiger partial charge in [-0.05, 0) is 43.2 Å². The molecule has 3 N–H and O–H groups in total. The third-order valence-electron chi connectivity index (χ3n) is 4.17. The summed E-state index contributed by atoms with van der Waals surface area (Å²) in [6, 6.07) is 4.09. The first-order valence-corrected chi connectivity index (χ1v) is 6.12. The lowest BCUT2D eigenvalue weighted by Crippen LogP contribution is -2.45. The van der Waals surface area contributed by atoms with Crippen molar-refractivity contribution < 1.29 is 5.11 Å². The lowest BCUT2D eigenvalue weighted by Gasteiger charge is -2.33. The fraction of sp³-hybridized carbons (Fsp3) is 0.615. The zero-order valence-corrected chi connectivity index (χ0v) is 9.39. The maximum Gasteiger partial charge on any atom is 0.0880 e. The summed E-state index contributed by atoms with van der Waals surface area (Å²) in [6.07, 6.45) is 6.08. The Hall–Kier alpha value is -0.930. The van der Waals surface area contributed by atoms with Crippen LogP contribution in [0.5, 0.6) is 0 Å². The van der Waals surface area contributed by atoms with Gasteiger partial charge in [-0.25, -0.2) is 0 Å². The van der Waals surface area contributed by atoms with Crippen molar-refractivity contribution >= 4 is 0 Å². The quantitative estimate of drug-likeness (QED) is 0.801. The number of aryl methyl sites for hydroxylation is 1. The van der Waals surface area contributed by atoms with E-state index in [4.69, 9.17) is 5.73 Å². The summed E-state index contributed by atoms with van der Waals surface area (Å²) in [5.74, 6) is 0.552. The van der Waals surface area contributed by atoms with Crippen LogP contribution in [0.1, 0.15) is 36.4 Å². The molecule has 2 atom stereocenters. The van der Waals surface area contributed by atoms with Crippen LogP contribution in [0, 0.1) is 5.92 Å². The van der Waals surface area contributed by atoms with Crippen LogP contribution in [-0.2, 0) is 6.42 Å². The predicted molar refractivity (Wildman–Crippen MR) is 62.0 cm³/mol. The van der Waals surface area contributed by atoms with E-state index >= 15 is 0 Å². The minimum absolute atomic E-state index is 0.154. The molecule has 2 aliphatic carbocycles. The SMILES string of the molecule is NCC(O)(C1CC1)C1CCc2cccnc21. The third-order valence-corrected chi connectivity index (χ3v) is 4.17. The first kappa shape index (κ1) is 10.2. The molecule has 16 heavy (non-hydrogen) atoms. The van der Waals surface area contributed by atoms with Gasteiger partial charge in [-0.2, -0.15) is 0 Å². The van der Waals surface area contributed by atoms with Gasteiger partial charge in [0, 0.05) is 24.4 Å². The van der Waals surface area contributed by atoms with Crippen molar-refractivity contribution in [2.75, 3.05) is 6.54 Å². The molecule has 1 heterocycles. The van der Waals surface area contributed by atoms with Crippen molar-refractivity contribution in [2.45, 2.75) is 37.2 Å². The van der Waals surface area contributed by atoms with E-state index in [1.165, 1.54) is 5.56 Å². The molecule has 0 saturated heterocycles. The average Bonchev–Trinajstić information content (AvgIpc) is 3.08. The Morgan fingerprint density at radius 2 is 2.25 bits per heavy atom. The van der Waals surface area contributed by atoms with E-state index in [2.05, 4.69) is 11.1 Å². The average molecular weight is 218 g/mol. The first-order valence-electron chi connectivity index (χ1n) is 6.12. The number of rotatable bonds is 3. The fourth-order valence-corrected chi connectivity index (χ4v) is 3.08. The number of hydrogen-bond donors (Lipinski definition) is 2. The minimum Gasteiger partial charge on any atom is -0.388 e. The fourth-order valence-electron chi connectivity index (χ4n) is 3.08. The van der Waals surface area contributed by atoms with Crippen LogP contribution in [0.3, 0.4) is 0 Å². The molecule has 0 aliphatic heterocycles. The minimum atomic E-state index is -0.709. The number of fused-ring (bicyclic) bond motifs is 1. The Morgan fingerprint density at radius 1 is 1.44 bits per heavy atom. The van der Waals surface area contributed by atoms with Gasteiger partial charge < -0.3 is 10.8 Å². The first-order chi connectivity index (χ1) is 7.75. The lowest BCUT2D eigenvalue weighted by molar-refractivity contribution is -0.00219. The summed E-state index contributed by atoms with van der Waals surface area (Å²) in [5, 5.41) is 10.7. The van der Waals surface area contributed by atoms with Gasteiger partial charge in [0.15, 0.2) is 0 Å². The van der Waals surface area contributed by atoms with Crippen LogP contribution < -0.4 is 5.73 Å². The van der Waals surface area contributed by atoms with Gasteiger partial charge in [0.25, 0.3) is 0 Å². The smallest absolute Gasteiger partial charge is 0.0880 e. The summed E-state index contributed by atoms with van der Waals surface area (Å²) in [6.45, 7) is 0.359. The highest BCUT2D eigenvalue weighted by atomic mass is 16.3. The molecule has 0 aromatic carbocycles. The number of pyridine rings is 1. The van der Waals surface area contributed by atoms with Crippen LogP contribution in [-0.4, -0.2) is 22.2 Å². The largest absolute Gasteiger partial charge is 0.388 e. The molecule has 2 aliphatic rings. The lowest BCUT2D eigenvalue weighted by atomic mass is 9.81. The Morgan fingerprint density at radius 3 is 2.94 bits per heavy atom. The standard InChI is InChI=1S/C13H18N2O/c14-8-13(16,10-4-5-10)11-6-3-9-2-1-7-15-12(9)11/h1-2,7,10-11,16H,3-6,8,14H2. The molecule has 0 spiro atoms. The molecule has 1 aromatic rings. The summed E-state index contributed by atoms with van der Waals surface area (Å²) < 4.78 is 0. The van der Waals surface area contributed by atoms with Gasteiger partial charge in [0.05, 0.1) is 5.60 Å². The van der Waals surface area contributed by atoms with Crippen molar-refractivity contribution in [3.63, 3.8) is 0 Å². The Labute approximate surface area is 95.7 Å². The van der Waals surface area contributed by atoms with Crippen LogP contribution in [0.15, 0.2) is 18.3 Å². The molecule has 0 amide bonds. The summed E-state index contributed by atoms with van der Waals surface area (Å²) >= 11 is 0. The van der Waals surface area contributed by atoms with E-state index in [1.807, 2.05) is 12.3 Å². The van der Waals surface area contributed by atoms with Crippen LogP contribution in [0.25, 0.3) is 0 Å². The molecular weight excluding hydrogens is 200 g/mol. The molecule has 1 aromatic heterocycles. The molecule has 0 radical (unpaired) electrons. The van der Waals surface area contributed by atoms with Gasteiger partial charge in [0.1, 0.15) is 0 Å². The zero-order valence-electron chi connectivity index (χ0n) is 9.39. The highest BCUT2D eigenvalue weighted by Crippen LogP contribution is 2.50. The van der Waals surface area contributed by atoms with E-state index in [-0.39, 0.29) is 5.92 Å². The maximum absolute atomic E-state index is 10.7. The Bertz CT molecular complexity index is 403. The molecule has 1 fully saturated rings. The van der Waals surface area contributed by atoms with Gasteiger partial charge in [0.2, 0.25) is 0 Å². The molecule has 0 bridgehead atoms. The molecule has 3 rings (SSSR count). The molecule has 2 unspecified atom stereocenters. The van der Waals surface area contributed by atoms with Crippen LogP contribution >= 0.6 is 0 Å². The highest BCUT2D eigenvalue weighted by molar-refractivity contribution is 5.32. The predicted octanol–water partition coefficient (Wildman–Crippen LogP) is 1.21. The van der Waals surface area contributed by atoms with Crippen LogP contribution in [0.2, 0.25) is 0 Å². The number of aromatic nitrogens is 1. The van der Waals surface area contributed by atoms with Gasteiger partial charge in [-0.1, -0.05) is 6.07 Å². The molecule has 1 saturated carbocycles. The number of nitrogens with two attached hydrogens (primary N) is 1. The topological polar surface area (TPSA) is 59.1 Å². The van der Waals surface area contributed by atoms with E-state index in [0.29, 0.717) is 12.5 Å². The van der Waals surface area contributed by atoms with Gasteiger partial charge >= 0.3 is 0 Å². The summed E-state index contributed by atoms with van der Waals surface area (Å²) in [4.78, 5) is 4.45. The molecule has 86 valence electrons. The second-order valence-electron chi connectivity index (χ2n) is 5.11. The number of nitrogens with zero attached hydrogens (tertiary/aromatic N) is 1. The summed E-state index contributed by atoms with van der Waals surface area (Å²) in [7, 11) is 0. The van der Waals surface area contributed by atoms with Crippen LogP contribution in [0.4, 0.5) is 0 Å².